The Balaban J connectivity index is 1.82. The maximum absolute atomic E-state index is 2.54. The van der Waals surface area contributed by atoms with E-state index < -0.39 is 0 Å². The number of hydrogen-bond donors (Lipinski definition) is 0. The molecule has 166 valence electrons. The van der Waals surface area contributed by atoms with Gasteiger partial charge in [0.15, 0.2) is 0 Å². The molecular weight excluding hydrogens is 364 g/mol. The summed E-state index contributed by atoms with van der Waals surface area (Å²) in [6.07, 6.45) is 9.61. The summed E-state index contributed by atoms with van der Waals surface area (Å²) in [5.74, 6) is 0. The third-order valence-corrected chi connectivity index (χ3v) is 8.70. The molecule has 0 N–H and O–H groups in total. The lowest BCUT2D eigenvalue weighted by atomic mass is 9.76. The van der Waals surface area contributed by atoms with Crippen LogP contribution in [0.4, 0.5) is 0 Å². The molecule has 0 aliphatic carbocycles. The molecule has 2 nitrogen and oxygen atoms in total. The first-order valence-corrected chi connectivity index (χ1v) is 11.7. The van der Waals surface area contributed by atoms with Crippen LogP contribution in [0, 0.1) is 0 Å². The zero-order valence-corrected chi connectivity index (χ0v) is 21.2. The minimum Gasteiger partial charge on any atom is -0.292 e. The van der Waals surface area contributed by atoms with E-state index in [1.807, 2.05) is 0 Å². The van der Waals surface area contributed by atoms with Gasteiger partial charge in [-0.05, 0) is 117 Å². The van der Waals surface area contributed by atoms with Gasteiger partial charge in [-0.2, -0.15) is 0 Å². The van der Waals surface area contributed by atoms with Gasteiger partial charge in [-0.25, -0.2) is 0 Å². The second-order valence-electron chi connectivity index (χ2n) is 11.9. The van der Waals surface area contributed by atoms with E-state index in [4.69, 9.17) is 0 Å². The molecule has 0 bridgehead atoms. The first-order chi connectivity index (χ1) is 13.7. The fraction of sp³-hybridized carbons (Fsp3) is 0.643. The van der Waals surface area contributed by atoms with Crippen molar-refractivity contribution in [2.75, 3.05) is 14.1 Å². The van der Waals surface area contributed by atoms with Crippen molar-refractivity contribution in [2.24, 2.45) is 0 Å². The fourth-order valence-electron chi connectivity index (χ4n) is 5.36. The number of likely N-dealkylation sites (tertiary alicyclic amines) is 2. The van der Waals surface area contributed by atoms with E-state index >= 15 is 0 Å². The topological polar surface area (TPSA) is 6.48 Å². The predicted molar refractivity (Wildman–Crippen MR) is 133 cm³/mol. The summed E-state index contributed by atoms with van der Waals surface area (Å²) in [5, 5.41) is 0. The minimum absolute atomic E-state index is 0.0892. The Kier molecular flexibility index (Phi) is 5.93. The van der Waals surface area contributed by atoms with E-state index in [9.17, 15) is 0 Å². The molecule has 2 saturated heterocycles. The monoisotopic (exact) mass is 408 g/mol. The van der Waals surface area contributed by atoms with Crippen LogP contribution in [-0.2, 0) is 0 Å². The van der Waals surface area contributed by atoms with E-state index in [1.54, 1.807) is 0 Å². The molecule has 0 saturated carbocycles. The van der Waals surface area contributed by atoms with Crippen molar-refractivity contribution in [3.63, 3.8) is 0 Å². The number of benzene rings is 1. The van der Waals surface area contributed by atoms with Crippen LogP contribution in [0.2, 0.25) is 0 Å². The van der Waals surface area contributed by atoms with E-state index in [0.29, 0.717) is 0 Å². The third-order valence-electron chi connectivity index (χ3n) is 8.70. The van der Waals surface area contributed by atoms with E-state index in [-0.39, 0.29) is 22.2 Å². The van der Waals surface area contributed by atoms with Crippen LogP contribution < -0.4 is 0 Å². The quantitative estimate of drug-likeness (QED) is 0.519. The Morgan fingerprint density at radius 1 is 0.600 bits per heavy atom. The molecule has 0 radical (unpaired) electrons. The Morgan fingerprint density at radius 3 is 1.20 bits per heavy atom. The van der Waals surface area contributed by atoms with Crippen LogP contribution in [0.3, 0.4) is 0 Å². The van der Waals surface area contributed by atoms with Crippen LogP contribution in [0.1, 0.15) is 92.2 Å². The van der Waals surface area contributed by atoms with Crippen molar-refractivity contribution in [1.29, 1.82) is 0 Å². The van der Waals surface area contributed by atoms with Gasteiger partial charge in [-0.15, -0.1) is 0 Å². The second-order valence-corrected chi connectivity index (χ2v) is 11.9. The molecule has 30 heavy (non-hydrogen) atoms. The van der Waals surface area contributed by atoms with Gasteiger partial charge >= 0.3 is 0 Å². The molecule has 2 aliphatic heterocycles. The van der Waals surface area contributed by atoms with Gasteiger partial charge in [-0.3, -0.25) is 9.80 Å². The van der Waals surface area contributed by atoms with Crippen molar-refractivity contribution in [2.45, 2.75) is 103 Å². The number of hydrogen-bond acceptors (Lipinski definition) is 2. The minimum atomic E-state index is 0.0892. The Hall–Kier alpha value is -1.38. The number of piperidine rings is 2. The normalized spacial score (nSPS) is 28.7. The van der Waals surface area contributed by atoms with E-state index in [1.165, 1.54) is 48.0 Å². The molecule has 0 atom stereocenters. The lowest BCUT2D eigenvalue weighted by Gasteiger charge is -2.52. The highest BCUT2D eigenvalue weighted by Gasteiger charge is 2.42. The van der Waals surface area contributed by atoms with Crippen LogP contribution >= 0.6 is 0 Å². The fourth-order valence-corrected chi connectivity index (χ4v) is 5.36. The van der Waals surface area contributed by atoms with Crippen LogP contribution in [0.5, 0.6) is 0 Å². The molecule has 0 spiro atoms. The molecule has 3 rings (SSSR count). The molecule has 0 unspecified atom stereocenters. The number of rotatable bonds is 2. The maximum Gasteiger partial charge on any atom is 0.0369 e. The van der Waals surface area contributed by atoms with Crippen molar-refractivity contribution >= 4 is 12.2 Å². The zero-order chi connectivity index (χ0) is 22.5. The number of likely N-dealkylation sites (N-methyl/N-ethyl adjacent to an activating group) is 2. The largest absolute Gasteiger partial charge is 0.292 e. The molecule has 2 heterocycles. The van der Waals surface area contributed by atoms with Gasteiger partial charge in [0.25, 0.3) is 0 Å². The highest BCUT2D eigenvalue weighted by Crippen LogP contribution is 2.42. The SMILES string of the molecule is CN1C(C)(C)CCC(=Cc2ccc(C=C3CCC(C)(C)N(C)C3(C)C)cc2)C1(C)C. The summed E-state index contributed by atoms with van der Waals surface area (Å²) >= 11 is 0. The molecule has 2 fully saturated rings. The lowest BCUT2D eigenvalue weighted by Crippen LogP contribution is -2.57. The van der Waals surface area contributed by atoms with Gasteiger partial charge in [0.1, 0.15) is 0 Å². The molecule has 1 aromatic rings. The van der Waals surface area contributed by atoms with E-state index in [0.717, 1.165) is 0 Å². The first-order valence-electron chi connectivity index (χ1n) is 11.7. The molecule has 2 heteroatoms. The first kappa shape index (κ1) is 23.3. The second kappa shape index (κ2) is 7.64. The summed E-state index contributed by atoms with van der Waals surface area (Å²) in [4.78, 5) is 5.08. The van der Waals surface area contributed by atoms with Gasteiger partial charge < -0.3 is 0 Å². The van der Waals surface area contributed by atoms with Gasteiger partial charge in [0.2, 0.25) is 0 Å². The summed E-state index contributed by atoms with van der Waals surface area (Å²) in [6, 6.07) is 9.16. The summed E-state index contributed by atoms with van der Waals surface area (Å²) < 4.78 is 0. The Morgan fingerprint density at radius 2 is 0.900 bits per heavy atom. The third kappa shape index (κ3) is 4.18. The average molecular weight is 409 g/mol. The summed E-state index contributed by atoms with van der Waals surface area (Å²) in [7, 11) is 4.54. The smallest absolute Gasteiger partial charge is 0.0369 e. The van der Waals surface area contributed by atoms with Crippen molar-refractivity contribution < 1.29 is 0 Å². The average Bonchev–Trinajstić information content (AvgIpc) is 2.65. The highest BCUT2D eigenvalue weighted by molar-refractivity contribution is 5.61. The van der Waals surface area contributed by atoms with Crippen LogP contribution in [0.25, 0.3) is 12.2 Å². The van der Waals surface area contributed by atoms with Gasteiger partial charge in [-0.1, -0.05) is 36.4 Å². The predicted octanol–water partition coefficient (Wildman–Crippen LogP) is 7.02. The van der Waals surface area contributed by atoms with Gasteiger partial charge in [0.05, 0.1) is 0 Å². The molecule has 0 aromatic heterocycles. The molecular formula is C28H44N2. The van der Waals surface area contributed by atoms with E-state index in [2.05, 4.69) is 116 Å². The van der Waals surface area contributed by atoms with Crippen LogP contribution in [0.15, 0.2) is 35.4 Å². The standard InChI is InChI=1S/C28H44N2/c1-25(2)17-15-23(27(5,6)29(25)9)19-21-11-13-22(14-12-21)20-24-16-18-26(3,4)30(10)28(24,7)8/h11-14,19-20H,15-18H2,1-10H3. The Bertz CT molecular complexity index is 763. The van der Waals surface area contributed by atoms with Gasteiger partial charge in [0, 0.05) is 22.2 Å². The van der Waals surface area contributed by atoms with Crippen LogP contribution in [-0.4, -0.2) is 46.1 Å². The molecule has 1 aromatic carbocycles. The molecule has 2 aliphatic rings. The summed E-state index contributed by atoms with van der Waals surface area (Å²) in [5.41, 5.74) is 6.39. The van der Waals surface area contributed by atoms with Crippen molar-refractivity contribution in [3.05, 3.63) is 46.5 Å². The zero-order valence-electron chi connectivity index (χ0n) is 21.2. The maximum atomic E-state index is 2.54. The van der Waals surface area contributed by atoms with Crippen molar-refractivity contribution in [3.8, 4) is 0 Å². The number of nitrogens with zero attached hydrogens (tertiary/aromatic N) is 2. The molecule has 0 amide bonds. The summed E-state index contributed by atoms with van der Waals surface area (Å²) in [6.45, 7) is 18.9. The highest BCUT2D eigenvalue weighted by atomic mass is 15.2. The Labute approximate surface area is 186 Å². The lowest BCUT2D eigenvalue weighted by molar-refractivity contribution is 0.0354. The van der Waals surface area contributed by atoms with Crippen molar-refractivity contribution in [1.82, 2.24) is 9.80 Å².